The predicted molar refractivity (Wildman–Crippen MR) is 189 cm³/mol. The zero-order valence-electron chi connectivity index (χ0n) is 29.6. The molecule has 8 heteroatoms. The zero-order valence-corrected chi connectivity index (χ0v) is 29.6. The van der Waals surface area contributed by atoms with Crippen LogP contribution in [0.3, 0.4) is 0 Å². The van der Waals surface area contributed by atoms with E-state index >= 15 is 0 Å². The number of Topliss-reactive ketones (excluding diaryl/α,β-unsaturated/α-hetero) is 1. The summed E-state index contributed by atoms with van der Waals surface area (Å²) in [5, 5.41) is 9.85. The smallest absolute Gasteiger partial charge is 0.308 e. The van der Waals surface area contributed by atoms with Gasteiger partial charge in [-0.2, -0.15) is 0 Å². The lowest BCUT2D eigenvalue weighted by atomic mass is 9.90. The first-order chi connectivity index (χ1) is 23.1. The summed E-state index contributed by atoms with van der Waals surface area (Å²) in [6, 6.07) is 23.0. The third kappa shape index (κ3) is 9.05. The van der Waals surface area contributed by atoms with E-state index in [2.05, 4.69) is 18.4 Å². The quantitative estimate of drug-likeness (QED) is 0.127. The van der Waals surface area contributed by atoms with Crippen LogP contribution in [0.5, 0.6) is 5.75 Å². The highest BCUT2D eigenvalue weighted by Crippen LogP contribution is 2.43. The topological polar surface area (TPSA) is 87.0 Å². The Labute approximate surface area is 289 Å². The van der Waals surface area contributed by atoms with E-state index in [1.165, 1.54) is 12.1 Å². The molecular formula is C41H48FNO6. The minimum absolute atomic E-state index is 0.0395. The molecule has 0 amide bonds. The maximum absolute atomic E-state index is 14.5. The normalized spacial score (nSPS) is 17.7. The van der Waals surface area contributed by atoms with Gasteiger partial charge in [0, 0.05) is 36.2 Å². The van der Waals surface area contributed by atoms with Crippen LogP contribution < -0.4 is 0 Å². The van der Waals surface area contributed by atoms with Crippen molar-refractivity contribution in [2.24, 2.45) is 0 Å². The Morgan fingerprint density at radius 2 is 1.57 bits per heavy atom. The molecule has 4 aromatic rings. The molecule has 5 rings (SSSR count). The molecule has 0 unspecified atom stereocenters. The molecule has 7 nitrogen and oxygen atoms in total. The van der Waals surface area contributed by atoms with Crippen molar-refractivity contribution in [3.05, 3.63) is 102 Å². The summed E-state index contributed by atoms with van der Waals surface area (Å²) in [6.07, 6.45) is 0.741. The number of esters is 1. The van der Waals surface area contributed by atoms with Crippen molar-refractivity contribution in [1.29, 1.82) is 0 Å². The number of aromatic nitrogens is 1. The molecule has 260 valence electrons. The van der Waals surface area contributed by atoms with Crippen LogP contribution >= 0.6 is 0 Å². The zero-order chi connectivity index (χ0) is 35.5. The van der Waals surface area contributed by atoms with Gasteiger partial charge >= 0.3 is 5.97 Å². The van der Waals surface area contributed by atoms with Gasteiger partial charge in [-0.3, -0.25) is 9.59 Å². The fraction of sp³-hybridized carbons (Fsp3) is 0.415. The summed E-state index contributed by atoms with van der Waals surface area (Å²) in [5.41, 5.74) is 5.03. The highest BCUT2D eigenvalue weighted by Gasteiger charge is 2.38. The largest absolute Gasteiger partial charge is 0.508 e. The van der Waals surface area contributed by atoms with Gasteiger partial charge in [0.25, 0.3) is 0 Å². The monoisotopic (exact) mass is 669 g/mol. The SMILES string of the molecule is CC(C)c1c(C(=O)Cc2ccc(O)cc2)c(-c2ccccc2)c(-c2ccc(F)cc2)n1CC[C@@H]1C[C@H](CC(=O)OC(C)(C)C)OC(C)(C)O1. The molecule has 0 bridgehead atoms. The van der Waals surface area contributed by atoms with E-state index in [9.17, 15) is 19.1 Å². The van der Waals surface area contributed by atoms with Crippen LogP contribution in [0.1, 0.15) is 95.3 Å². The van der Waals surface area contributed by atoms with E-state index < -0.39 is 11.4 Å². The highest BCUT2D eigenvalue weighted by atomic mass is 19.1. The van der Waals surface area contributed by atoms with Gasteiger partial charge in [0.1, 0.15) is 17.2 Å². The molecule has 3 aromatic carbocycles. The van der Waals surface area contributed by atoms with Crippen molar-refractivity contribution in [3.63, 3.8) is 0 Å². The Hall–Kier alpha value is -4.27. The van der Waals surface area contributed by atoms with Gasteiger partial charge < -0.3 is 23.9 Å². The number of phenols is 1. The van der Waals surface area contributed by atoms with Crippen molar-refractivity contribution >= 4 is 11.8 Å². The number of hydrogen-bond donors (Lipinski definition) is 1. The fourth-order valence-electron chi connectivity index (χ4n) is 6.80. The lowest BCUT2D eigenvalue weighted by Gasteiger charge is -2.41. The molecule has 1 saturated heterocycles. The summed E-state index contributed by atoms with van der Waals surface area (Å²) in [6.45, 7) is 13.9. The fourth-order valence-corrected chi connectivity index (χ4v) is 6.80. The molecule has 0 aliphatic carbocycles. The summed E-state index contributed by atoms with van der Waals surface area (Å²) < 4.78 is 34.6. The van der Waals surface area contributed by atoms with Crippen molar-refractivity contribution in [1.82, 2.24) is 4.57 Å². The van der Waals surface area contributed by atoms with Gasteiger partial charge in [-0.05, 0) is 100 Å². The highest BCUT2D eigenvalue weighted by molar-refractivity contribution is 6.08. The minimum Gasteiger partial charge on any atom is -0.508 e. The number of rotatable bonds is 11. The number of hydrogen-bond acceptors (Lipinski definition) is 6. The predicted octanol–water partition coefficient (Wildman–Crippen LogP) is 9.25. The first-order valence-electron chi connectivity index (χ1n) is 17.1. The molecule has 2 heterocycles. The molecule has 1 fully saturated rings. The summed E-state index contributed by atoms with van der Waals surface area (Å²) in [4.78, 5) is 27.2. The molecule has 49 heavy (non-hydrogen) atoms. The molecule has 1 N–H and O–H groups in total. The number of ketones is 1. The van der Waals surface area contributed by atoms with Gasteiger partial charge in [0.05, 0.1) is 24.3 Å². The Morgan fingerprint density at radius 1 is 0.939 bits per heavy atom. The van der Waals surface area contributed by atoms with E-state index in [0.29, 0.717) is 24.9 Å². The van der Waals surface area contributed by atoms with E-state index in [0.717, 1.165) is 33.6 Å². The third-order valence-corrected chi connectivity index (χ3v) is 8.53. The molecule has 0 spiro atoms. The molecular weight excluding hydrogens is 621 g/mol. The van der Waals surface area contributed by atoms with Crippen LogP contribution in [0.4, 0.5) is 4.39 Å². The maximum Gasteiger partial charge on any atom is 0.308 e. The van der Waals surface area contributed by atoms with E-state index in [4.69, 9.17) is 14.2 Å². The van der Waals surface area contributed by atoms with Gasteiger partial charge in [0.15, 0.2) is 11.6 Å². The van der Waals surface area contributed by atoms with Crippen molar-refractivity contribution in [3.8, 4) is 28.1 Å². The third-order valence-electron chi connectivity index (χ3n) is 8.53. The second kappa shape index (κ2) is 14.7. The van der Waals surface area contributed by atoms with Crippen LogP contribution in [0.25, 0.3) is 22.4 Å². The average Bonchev–Trinajstić information content (AvgIpc) is 3.36. The molecule has 1 aromatic heterocycles. The van der Waals surface area contributed by atoms with E-state index in [1.54, 1.807) is 36.4 Å². The number of nitrogens with zero attached hydrogens (tertiary/aromatic N) is 1. The van der Waals surface area contributed by atoms with Gasteiger partial charge in [-0.25, -0.2) is 4.39 Å². The number of benzene rings is 3. The molecule has 0 radical (unpaired) electrons. The Kier molecular flexibility index (Phi) is 10.8. The number of carbonyl (C=O) groups is 2. The standard InChI is InChI=1S/C41H48FNO6/c1-26(2)38-37(34(45)23-27-13-19-31(44)20-14-27)36(28-11-9-8-10-12-28)39(29-15-17-30(42)18-16-29)43(38)22-21-32-24-33(48-41(6,7)47-32)25-35(46)49-40(3,4)5/h8-20,26,32-33,44H,21-25H2,1-7H3/t32-,33-/m1/s1. The number of carbonyl (C=O) groups excluding carboxylic acids is 2. The van der Waals surface area contributed by atoms with Gasteiger partial charge in [-0.15, -0.1) is 0 Å². The van der Waals surface area contributed by atoms with Crippen LogP contribution in [-0.2, 0) is 32.0 Å². The summed E-state index contributed by atoms with van der Waals surface area (Å²) >= 11 is 0. The molecule has 1 aliphatic rings. The Bertz CT molecular complexity index is 1750. The summed E-state index contributed by atoms with van der Waals surface area (Å²) in [5.74, 6) is -1.51. The second-order valence-electron chi connectivity index (χ2n) is 14.6. The van der Waals surface area contributed by atoms with Crippen molar-refractivity contribution in [2.75, 3.05) is 0 Å². The van der Waals surface area contributed by atoms with Crippen LogP contribution in [0, 0.1) is 5.82 Å². The number of ether oxygens (including phenoxy) is 3. The number of aromatic hydroxyl groups is 1. The second-order valence-corrected chi connectivity index (χ2v) is 14.6. The van der Waals surface area contributed by atoms with Crippen molar-refractivity contribution in [2.45, 2.75) is 110 Å². The number of phenolic OH excluding ortho intramolecular Hbond substituents is 1. The Balaban J connectivity index is 1.59. The van der Waals surface area contributed by atoms with Crippen LogP contribution in [0.15, 0.2) is 78.9 Å². The van der Waals surface area contributed by atoms with Gasteiger partial charge in [0.2, 0.25) is 0 Å². The summed E-state index contributed by atoms with van der Waals surface area (Å²) in [7, 11) is 0. The first-order valence-corrected chi connectivity index (χ1v) is 17.1. The molecule has 1 aliphatic heterocycles. The number of halogens is 1. The minimum atomic E-state index is -0.909. The van der Waals surface area contributed by atoms with E-state index in [-0.39, 0.29) is 54.3 Å². The first kappa shape index (κ1) is 36.0. The lowest BCUT2D eigenvalue weighted by molar-refractivity contribution is -0.301. The average molecular weight is 670 g/mol. The van der Waals surface area contributed by atoms with Crippen LogP contribution in [0.2, 0.25) is 0 Å². The van der Waals surface area contributed by atoms with Crippen molar-refractivity contribution < 1.29 is 33.3 Å². The maximum atomic E-state index is 14.5. The van der Waals surface area contributed by atoms with Gasteiger partial charge in [-0.1, -0.05) is 56.3 Å². The molecule has 0 saturated carbocycles. The molecule has 2 atom stereocenters. The lowest BCUT2D eigenvalue weighted by Crippen LogP contribution is -2.46. The Morgan fingerprint density at radius 3 is 2.18 bits per heavy atom. The van der Waals surface area contributed by atoms with E-state index in [1.807, 2.05) is 65.0 Å². The van der Waals surface area contributed by atoms with Crippen LogP contribution in [-0.4, -0.2) is 45.0 Å².